The largest absolute Gasteiger partial charge is 0.493 e. The summed E-state index contributed by atoms with van der Waals surface area (Å²) in [5.74, 6) is 2.31. The maximum atomic E-state index is 5.65. The van der Waals surface area contributed by atoms with Gasteiger partial charge >= 0.3 is 0 Å². The molecular formula is C16H18O3. The van der Waals surface area contributed by atoms with Gasteiger partial charge in [-0.05, 0) is 30.7 Å². The summed E-state index contributed by atoms with van der Waals surface area (Å²) in [6, 6.07) is 13.8. The summed E-state index contributed by atoms with van der Waals surface area (Å²) >= 11 is 0. The third-order valence-electron chi connectivity index (χ3n) is 2.88. The molecule has 0 spiro atoms. The van der Waals surface area contributed by atoms with Gasteiger partial charge in [-0.25, -0.2) is 0 Å². The van der Waals surface area contributed by atoms with Crippen molar-refractivity contribution in [3.63, 3.8) is 0 Å². The van der Waals surface area contributed by atoms with Crippen molar-refractivity contribution in [3.8, 4) is 28.4 Å². The van der Waals surface area contributed by atoms with Gasteiger partial charge in [-0.1, -0.05) is 24.3 Å². The maximum Gasteiger partial charge on any atom is 0.161 e. The number of hydrogen-bond donors (Lipinski definition) is 0. The summed E-state index contributed by atoms with van der Waals surface area (Å²) in [5, 5.41) is 0. The minimum atomic E-state index is 0.643. The molecule has 0 saturated carbocycles. The highest BCUT2D eigenvalue weighted by molar-refractivity contribution is 5.72. The van der Waals surface area contributed by atoms with Crippen LogP contribution in [-0.2, 0) is 0 Å². The molecule has 0 saturated heterocycles. The first-order valence-electron chi connectivity index (χ1n) is 6.24. The fraction of sp³-hybridized carbons (Fsp3) is 0.250. The van der Waals surface area contributed by atoms with Crippen molar-refractivity contribution in [2.45, 2.75) is 6.92 Å². The third-order valence-corrected chi connectivity index (χ3v) is 2.88. The average Bonchev–Trinajstić information content (AvgIpc) is 2.47. The van der Waals surface area contributed by atoms with E-state index in [2.05, 4.69) is 0 Å². The Morgan fingerprint density at radius 3 is 2.26 bits per heavy atom. The highest BCUT2D eigenvalue weighted by atomic mass is 16.5. The average molecular weight is 258 g/mol. The van der Waals surface area contributed by atoms with Crippen LogP contribution in [0, 0.1) is 0 Å². The van der Waals surface area contributed by atoms with Gasteiger partial charge in [0.25, 0.3) is 0 Å². The van der Waals surface area contributed by atoms with Crippen LogP contribution in [0.15, 0.2) is 42.5 Å². The summed E-state index contributed by atoms with van der Waals surface area (Å²) in [4.78, 5) is 0. The zero-order valence-corrected chi connectivity index (χ0v) is 11.5. The Kier molecular flexibility index (Phi) is 4.29. The molecule has 0 bridgehead atoms. The molecule has 19 heavy (non-hydrogen) atoms. The van der Waals surface area contributed by atoms with Crippen molar-refractivity contribution < 1.29 is 14.2 Å². The van der Waals surface area contributed by atoms with Gasteiger partial charge in [0, 0.05) is 5.56 Å². The van der Waals surface area contributed by atoms with Crippen molar-refractivity contribution in [1.29, 1.82) is 0 Å². The van der Waals surface area contributed by atoms with Crippen LogP contribution in [0.1, 0.15) is 6.92 Å². The van der Waals surface area contributed by atoms with Crippen molar-refractivity contribution in [2.75, 3.05) is 20.8 Å². The predicted molar refractivity (Wildman–Crippen MR) is 76.2 cm³/mol. The standard InChI is InChI=1S/C16H18O3/c1-4-19-14-8-6-5-7-13(14)12-9-10-15(17-2)16(11-12)18-3/h5-11H,4H2,1-3H3. The second-order valence-corrected chi connectivity index (χ2v) is 4.00. The minimum absolute atomic E-state index is 0.643. The lowest BCUT2D eigenvalue weighted by Gasteiger charge is -2.13. The van der Waals surface area contributed by atoms with Crippen LogP contribution in [0.3, 0.4) is 0 Å². The monoisotopic (exact) mass is 258 g/mol. The molecule has 0 amide bonds. The molecule has 100 valence electrons. The van der Waals surface area contributed by atoms with E-state index >= 15 is 0 Å². The van der Waals surface area contributed by atoms with Gasteiger partial charge in [0.15, 0.2) is 11.5 Å². The minimum Gasteiger partial charge on any atom is -0.493 e. The molecule has 0 fully saturated rings. The van der Waals surface area contributed by atoms with Crippen LogP contribution in [0.2, 0.25) is 0 Å². The topological polar surface area (TPSA) is 27.7 Å². The smallest absolute Gasteiger partial charge is 0.161 e. The molecule has 2 aromatic carbocycles. The van der Waals surface area contributed by atoms with E-state index in [9.17, 15) is 0 Å². The van der Waals surface area contributed by atoms with Crippen molar-refractivity contribution >= 4 is 0 Å². The van der Waals surface area contributed by atoms with Gasteiger partial charge in [0.1, 0.15) is 5.75 Å². The molecule has 3 heteroatoms. The number of para-hydroxylation sites is 1. The van der Waals surface area contributed by atoms with Gasteiger partial charge < -0.3 is 14.2 Å². The highest BCUT2D eigenvalue weighted by Crippen LogP contribution is 2.36. The SMILES string of the molecule is CCOc1ccccc1-c1ccc(OC)c(OC)c1. The van der Waals surface area contributed by atoms with Crippen LogP contribution < -0.4 is 14.2 Å². The van der Waals surface area contributed by atoms with Gasteiger partial charge in [0.05, 0.1) is 20.8 Å². The second-order valence-electron chi connectivity index (χ2n) is 4.00. The van der Waals surface area contributed by atoms with Crippen LogP contribution in [0.5, 0.6) is 17.2 Å². The molecule has 0 aromatic heterocycles. The van der Waals surface area contributed by atoms with Crippen LogP contribution in [-0.4, -0.2) is 20.8 Å². The number of ether oxygens (including phenoxy) is 3. The first-order valence-corrected chi connectivity index (χ1v) is 6.24. The van der Waals surface area contributed by atoms with E-state index in [0.29, 0.717) is 12.4 Å². The predicted octanol–water partition coefficient (Wildman–Crippen LogP) is 3.77. The molecular weight excluding hydrogens is 240 g/mol. The molecule has 0 aliphatic carbocycles. The molecule has 2 aromatic rings. The Morgan fingerprint density at radius 1 is 0.842 bits per heavy atom. The molecule has 0 atom stereocenters. The van der Waals surface area contributed by atoms with Crippen LogP contribution in [0.25, 0.3) is 11.1 Å². The van der Waals surface area contributed by atoms with E-state index < -0.39 is 0 Å². The molecule has 0 unspecified atom stereocenters. The Hall–Kier alpha value is -2.16. The van der Waals surface area contributed by atoms with E-state index in [-0.39, 0.29) is 0 Å². The van der Waals surface area contributed by atoms with Crippen molar-refractivity contribution in [3.05, 3.63) is 42.5 Å². The second kappa shape index (κ2) is 6.14. The lowest BCUT2D eigenvalue weighted by molar-refractivity contribution is 0.341. The number of rotatable bonds is 5. The summed E-state index contributed by atoms with van der Waals surface area (Å²) in [6.07, 6.45) is 0. The van der Waals surface area contributed by atoms with E-state index in [1.165, 1.54) is 0 Å². The zero-order valence-electron chi connectivity index (χ0n) is 11.5. The van der Waals surface area contributed by atoms with Crippen LogP contribution in [0.4, 0.5) is 0 Å². The molecule has 3 nitrogen and oxygen atoms in total. The van der Waals surface area contributed by atoms with Gasteiger partial charge in [-0.15, -0.1) is 0 Å². The fourth-order valence-corrected chi connectivity index (χ4v) is 1.99. The van der Waals surface area contributed by atoms with E-state index in [1.807, 2.05) is 49.4 Å². The molecule has 2 rings (SSSR count). The van der Waals surface area contributed by atoms with Gasteiger partial charge in [0.2, 0.25) is 0 Å². The third kappa shape index (κ3) is 2.81. The Bertz CT molecular complexity index is 549. The first kappa shape index (κ1) is 13.3. The van der Waals surface area contributed by atoms with Gasteiger partial charge in [-0.3, -0.25) is 0 Å². The summed E-state index contributed by atoms with van der Waals surface area (Å²) in [5.41, 5.74) is 2.09. The number of hydrogen-bond acceptors (Lipinski definition) is 3. The Balaban J connectivity index is 2.47. The zero-order chi connectivity index (χ0) is 13.7. The van der Waals surface area contributed by atoms with E-state index in [1.54, 1.807) is 14.2 Å². The first-order chi connectivity index (χ1) is 9.30. The summed E-state index contributed by atoms with van der Waals surface area (Å²) in [6.45, 7) is 2.62. The van der Waals surface area contributed by atoms with E-state index in [0.717, 1.165) is 22.6 Å². The molecule has 0 radical (unpaired) electrons. The van der Waals surface area contributed by atoms with Crippen LogP contribution >= 0.6 is 0 Å². The highest BCUT2D eigenvalue weighted by Gasteiger charge is 2.09. The lowest BCUT2D eigenvalue weighted by atomic mass is 10.0. The molecule has 0 aliphatic heterocycles. The molecule has 0 heterocycles. The normalized spacial score (nSPS) is 10.1. The Labute approximate surface area is 113 Å². The number of methoxy groups -OCH3 is 2. The number of benzene rings is 2. The summed E-state index contributed by atoms with van der Waals surface area (Å²) in [7, 11) is 3.27. The Morgan fingerprint density at radius 2 is 1.58 bits per heavy atom. The molecule has 0 aliphatic rings. The maximum absolute atomic E-state index is 5.65. The quantitative estimate of drug-likeness (QED) is 0.817. The lowest BCUT2D eigenvalue weighted by Crippen LogP contribution is -1.95. The van der Waals surface area contributed by atoms with Crippen molar-refractivity contribution in [2.24, 2.45) is 0 Å². The fourth-order valence-electron chi connectivity index (χ4n) is 1.99. The summed E-state index contributed by atoms with van der Waals surface area (Å²) < 4.78 is 16.2. The molecule has 0 N–H and O–H groups in total. The van der Waals surface area contributed by atoms with E-state index in [4.69, 9.17) is 14.2 Å². The van der Waals surface area contributed by atoms with Gasteiger partial charge in [-0.2, -0.15) is 0 Å². The van der Waals surface area contributed by atoms with Crippen molar-refractivity contribution in [1.82, 2.24) is 0 Å².